The van der Waals surface area contributed by atoms with Crippen LogP contribution in [0.5, 0.6) is 5.75 Å². The maximum atomic E-state index is 13.5. The maximum Gasteiger partial charge on any atom is 0.422 e. The third-order valence-electron chi connectivity index (χ3n) is 5.41. The van der Waals surface area contributed by atoms with Crippen molar-refractivity contribution in [1.82, 2.24) is 10.6 Å². The lowest BCUT2D eigenvalue weighted by atomic mass is 9.98. The number of fused-ring (bicyclic) bond motifs is 1. The van der Waals surface area contributed by atoms with Gasteiger partial charge in [-0.15, -0.1) is 0 Å². The van der Waals surface area contributed by atoms with Crippen molar-refractivity contribution in [3.8, 4) is 28.2 Å². The van der Waals surface area contributed by atoms with E-state index in [1.807, 2.05) is 0 Å². The van der Waals surface area contributed by atoms with Crippen molar-refractivity contribution < 1.29 is 36.3 Å². The van der Waals surface area contributed by atoms with Crippen molar-refractivity contribution in [1.29, 1.82) is 0 Å². The number of hydrogen-bond acceptors (Lipinski definition) is 4. The van der Waals surface area contributed by atoms with Gasteiger partial charge >= 0.3 is 6.18 Å². The molecule has 3 aromatic carbocycles. The van der Waals surface area contributed by atoms with E-state index >= 15 is 0 Å². The number of carbonyl (C=O) groups excluding carboxylic acids is 2. The quantitative estimate of drug-likeness (QED) is 0.294. The fourth-order valence-electron chi connectivity index (χ4n) is 3.79. The predicted molar refractivity (Wildman–Crippen MR) is 130 cm³/mol. The van der Waals surface area contributed by atoms with Gasteiger partial charge in [0.15, 0.2) is 6.61 Å². The third kappa shape index (κ3) is 5.48. The molecule has 2 amide bonds. The Morgan fingerprint density at radius 2 is 1.76 bits per heavy atom. The molecule has 10 heteroatoms. The number of benzene rings is 3. The van der Waals surface area contributed by atoms with E-state index in [9.17, 15) is 27.2 Å². The van der Waals surface area contributed by atoms with E-state index in [0.717, 1.165) is 0 Å². The van der Waals surface area contributed by atoms with Gasteiger partial charge in [-0.25, -0.2) is 4.39 Å². The van der Waals surface area contributed by atoms with Gasteiger partial charge < -0.3 is 19.8 Å². The summed E-state index contributed by atoms with van der Waals surface area (Å²) in [5, 5.41) is 5.25. The van der Waals surface area contributed by atoms with Crippen molar-refractivity contribution in [2.24, 2.45) is 0 Å². The van der Waals surface area contributed by atoms with Gasteiger partial charge in [0, 0.05) is 35.2 Å². The second kappa shape index (κ2) is 10.2. The van der Waals surface area contributed by atoms with Crippen LogP contribution in [0.25, 0.3) is 33.4 Å². The SMILES string of the molecule is C=CNC(=O)c1cccc(-c2cc3c(C(=O)NC)c(-c4ccc(F)cc4)oc3cc2OCC(F)(F)F)c1. The van der Waals surface area contributed by atoms with Crippen molar-refractivity contribution in [3.63, 3.8) is 0 Å². The molecule has 0 unspecified atom stereocenters. The Labute approximate surface area is 208 Å². The average molecular weight is 512 g/mol. The van der Waals surface area contributed by atoms with Crippen molar-refractivity contribution in [2.45, 2.75) is 6.18 Å². The first-order valence-electron chi connectivity index (χ1n) is 10.9. The lowest BCUT2D eigenvalue weighted by molar-refractivity contribution is -0.153. The summed E-state index contributed by atoms with van der Waals surface area (Å²) >= 11 is 0. The Bertz CT molecular complexity index is 1490. The Kier molecular flexibility index (Phi) is 7.01. The number of hydrogen-bond donors (Lipinski definition) is 2. The van der Waals surface area contributed by atoms with Gasteiger partial charge in [0.25, 0.3) is 11.8 Å². The summed E-state index contributed by atoms with van der Waals surface area (Å²) in [6, 6.07) is 14.1. The summed E-state index contributed by atoms with van der Waals surface area (Å²) in [5.74, 6) is -1.55. The number of carbonyl (C=O) groups is 2. The fourth-order valence-corrected chi connectivity index (χ4v) is 3.79. The maximum absolute atomic E-state index is 13.5. The summed E-state index contributed by atoms with van der Waals surface area (Å²) in [7, 11) is 1.42. The van der Waals surface area contributed by atoms with Crippen LogP contribution in [0, 0.1) is 5.82 Å². The number of rotatable bonds is 7. The second-order valence-electron chi connectivity index (χ2n) is 7.90. The first-order valence-corrected chi connectivity index (χ1v) is 10.9. The van der Waals surface area contributed by atoms with Crippen LogP contribution in [0.4, 0.5) is 17.6 Å². The topological polar surface area (TPSA) is 80.6 Å². The molecular formula is C27H20F4N2O4. The molecule has 4 rings (SSSR count). The number of furan rings is 1. The lowest BCUT2D eigenvalue weighted by Crippen LogP contribution is -2.19. The standard InChI is InChI=1S/C27H20F4N2O4/c1-3-33-25(34)17-6-4-5-16(11-17)19-12-20-22(13-21(19)36-14-27(29,30)31)37-24(23(20)26(35)32-2)15-7-9-18(28)10-8-15/h3-13H,1,14H2,2H3,(H,32,35)(H,33,34). The van der Waals surface area contributed by atoms with Crippen LogP contribution in [0.2, 0.25) is 0 Å². The molecule has 1 aromatic heterocycles. The van der Waals surface area contributed by atoms with E-state index in [2.05, 4.69) is 17.2 Å². The van der Waals surface area contributed by atoms with E-state index in [-0.39, 0.29) is 39.2 Å². The van der Waals surface area contributed by atoms with Gasteiger partial charge in [-0.1, -0.05) is 18.7 Å². The molecule has 0 aliphatic carbocycles. The van der Waals surface area contributed by atoms with Crippen LogP contribution in [-0.4, -0.2) is 31.6 Å². The molecular weight excluding hydrogens is 492 g/mol. The Morgan fingerprint density at radius 1 is 1.03 bits per heavy atom. The smallest absolute Gasteiger partial charge is 0.422 e. The molecule has 2 N–H and O–H groups in total. The van der Waals surface area contributed by atoms with E-state index in [4.69, 9.17) is 9.15 Å². The number of nitrogens with one attached hydrogen (secondary N) is 2. The lowest BCUT2D eigenvalue weighted by Gasteiger charge is -2.14. The molecule has 0 aliphatic heterocycles. The van der Waals surface area contributed by atoms with E-state index < -0.39 is 30.4 Å². The fraction of sp³-hybridized carbons (Fsp3) is 0.111. The van der Waals surface area contributed by atoms with Gasteiger partial charge in [-0.05, 0) is 54.2 Å². The zero-order valence-corrected chi connectivity index (χ0v) is 19.4. The molecule has 190 valence electrons. The number of amides is 2. The van der Waals surface area contributed by atoms with Crippen molar-refractivity contribution in [3.05, 3.63) is 90.4 Å². The predicted octanol–water partition coefficient (Wildman–Crippen LogP) is 6.08. The number of alkyl halides is 3. The van der Waals surface area contributed by atoms with Crippen LogP contribution >= 0.6 is 0 Å². The van der Waals surface area contributed by atoms with E-state index in [1.165, 1.54) is 61.8 Å². The zero-order valence-electron chi connectivity index (χ0n) is 19.4. The average Bonchev–Trinajstić information content (AvgIpc) is 3.25. The van der Waals surface area contributed by atoms with Crippen LogP contribution in [0.1, 0.15) is 20.7 Å². The largest absolute Gasteiger partial charge is 0.483 e. The molecule has 6 nitrogen and oxygen atoms in total. The highest BCUT2D eigenvalue weighted by atomic mass is 19.4. The highest BCUT2D eigenvalue weighted by Crippen LogP contribution is 2.41. The molecule has 1 heterocycles. The molecule has 0 radical (unpaired) electrons. The highest BCUT2D eigenvalue weighted by Gasteiger charge is 2.30. The Morgan fingerprint density at radius 3 is 2.41 bits per heavy atom. The summed E-state index contributed by atoms with van der Waals surface area (Å²) in [6.45, 7) is 1.87. The van der Waals surface area contributed by atoms with Crippen molar-refractivity contribution >= 4 is 22.8 Å². The van der Waals surface area contributed by atoms with E-state index in [1.54, 1.807) is 12.1 Å². The second-order valence-corrected chi connectivity index (χ2v) is 7.90. The van der Waals surface area contributed by atoms with E-state index in [0.29, 0.717) is 11.1 Å². The summed E-state index contributed by atoms with van der Waals surface area (Å²) in [6.07, 6.45) is -3.41. The molecule has 0 bridgehead atoms. The van der Waals surface area contributed by atoms with Gasteiger partial charge in [0.05, 0.1) is 5.56 Å². The van der Waals surface area contributed by atoms with Gasteiger partial charge in [-0.3, -0.25) is 9.59 Å². The van der Waals surface area contributed by atoms with Gasteiger partial charge in [0.2, 0.25) is 0 Å². The molecule has 0 aliphatic rings. The molecule has 0 spiro atoms. The monoisotopic (exact) mass is 512 g/mol. The Hall–Kier alpha value is -4.60. The summed E-state index contributed by atoms with van der Waals surface area (Å²) < 4.78 is 63.6. The zero-order chi connectivity index (χ0) is 26.7. The Balaban J connectivity index is 1.96. The normalized spacial score (nSPS) is 11.3. The molecule has 0 atom stereocenters. The third-order valence-corrected chi connectivity index (χ3v) is 5.41. The van der Waals surface area contributed by atoms with Crippen LogP contribution in [0.3, 0.4) is 0 Å². The minimum Gasteiger partial charge on any atom is -0.483 e. The van der Waals surface area contributed by atoms with Gasteiger partial charge in [0.1, 0.15) is 22.9 Å². The number of halogens is 4. The summed E-state index contributed by atoms with van der Waals surface area (Å²) in [4.78, 5) is 25.2. The minimum absolute atomic E-state index is 0.0828. The molecule has 0 fully saturated rings. The molecule has 0 saturated carbocycles. The van der Waals surface area contributed by atoms with Crippen LogP contribution < -0.4 is 15.4 Å². The molecule has 0 saturated heterocycles. The van der Waals surface area contributed by atoms with Gasteiger partial charge in [-0.2, -0.15) is 13.2 Å². The highest BCUT2D eigenvalue weighted by molar-refractivity contribution is 6.12. The number of ether oxygens (including phenoxy) is 1. The summed E-state index contributed by atoms with van der Waals surface area (Å²) in [5.41, 5.74) is 1.36. The molecule has 37 heavy (non-hydrogen) atoms. The van der Waals surface area contributed by atoms with Crippen LogP contribution in [0.15, 0.2) is 77.9 Å². The molecule has 4 aromatic rings. The first-order chi connectivity index (χ1) is 17.6. The van der Waals surface area contributed by atoms with Crippen LogP contribution in [-0.2, 0) is 0 Å². The first kappa shape index (κ1) is 25.5. The van der Waals surface area contributed by atoms with Crippen molar-refractivity contribution in [2.75, 3.05) is 13.7 Å². The minimum atomic E-state index is -4.62.